The lowest BCUT2D eigenvalue weighted by atomic mass is 10.1. The fraction of sp³-hybridized carbons (Fsp3) is 0.385. The molecule has 98 valence electrons. The second-order valence-corrected chi connectivity index (χ2v) is 4.47. The van der Waals surface area contributed by atoms with Crippen LogP contribution in [0.15, 0.2) is 24.3 Å². The van der Waals surface area contributed by atoms with Gasteiger partial charge < -0.3 is 4.90 Å². The van der Waals surface area contributed by atoms with Crippen molar-refractivity contribution in [3.8, 4) is 0 Å². The van der Waals surface area contributed by atoms with Gasteiger partial charge in [-0.15, -0.1) is 0 Å². The minimum absolute atomic E-state index is 0.198. The van der Waals surface area contributed by atoms with Gasteiger partial charge in [0.2, 0.25) is 5.91 Å². The van der Waals surface area contributed by atoms with Crippen molar-refractivity contribution in [2.75, 3.05) is 13.6 Å². The Morgan fingerprint density at radius 2 is 1.89 bits per heavy atom. The van der Waals surface area contributed by atoms with Crippen LogP contribution in [-0.4, -0.2) is 25.4 Å². The number of rotatable bonds is 4. The summed E-state index contributed by atoms with van der Waals surface area (Å²) in [4.78, 5) is 23.2. The molecule has 0 aliphatic heterocycles. The average Bonchev–Trinajstić information content (AvgIpc) is 2.29. The first-order chi connectivity index (χ1) is 8.49. The first-order valence-corrected chi connectivity index (χ1v) is 5.90. The standard InChI is InChI=1S/C13H19N3O2/c1-10-6-4-5-7-12(10)8-16(3)9-13(18)15-14-11(2)17/h4-7H,8-9H2,1-3H3,(H,14,17)(H,15,18)/p+1. The van der Waals surface area contributed by atoms with Crippen LogP contribution in [0.5, 0.6) is 0 Å². The molecule has 1 unspecified atom stereocenters. The Bertz CT molecular complexity index is 432. The van der Waals surface area contributed by atoms with Gasteiger partial charge in [0.15, 0.2) is 6.54 Å². The van der Waals surface area contributed by atoms with Gasteiger partial charge in [0.05, 0.1) is 7.05 Å². The second-order valence-electron chi connectivity index (χ2n) is 4.47. The zero-order chi connectivity index (χ0) is 13.5. The third kappa shape index (κ3) is 4.97. The van der Waals surface area contributed by atoms with Crippen molar-refractivity contribution in [1.82, 2.24) is 10.9 Å². The van der Waals surface area contributed by atoms with E-state index in [-0.39, 0.29) is 11.8 Å². The summed E-state index contributed by atoms with van der Waals surface area (Å²) in [5.41, 5.74) is 7.07. The van der Waals surface area contributed by atoms with Crippen LogP contribution in [0, 0.1) is 6.92 Å². The third-order valence-corrected chi connectivity index (χ3v) is 2.59. The molecule has 5 nitrogen and oxygen atoms in total. The van der Waals surface area contributed by atoms with Crippen LogP contribution >= 0.6 is 0 Å². The summed E-state index contributed by atoms with van der Waals surface area (Å²) in [5, 5.41) is 0. The van der Waals surface area contributed by atoms with Crippen LogP contribution in [0.4, 0.5) is 0 Å². The zero-order valence-electron chi connectivity index (χ0n) is 11.0. The van der Waals surface area contributed by atoms with E-state index < -0.39 is 0 Å². The predicted octanol–water partition coefficient (Wildman–Crippen LogP) is -0.823. The molecule has 0 saturated heterocycles. The highest BCUT2D eigenvalue weighted by Gasteiger charge is 2.11. The first-order valence-electron chi connectivity index (χ1n) is 5.90. The number of amides is 2. The molecule has 0 fully saturated rings. The first kappa shape index (κ1) is 14.2. The Morgan fingerprint density at radius 1 is 1.22 bits per heavy atom. The van der Waals surface area contributed by atoms with Gasteiger partial charge in [-0.1, -0.05) is 24.3 Å². The number of aryl methyl sites for hydroxylation is 1. The van der Waals surface area contributed by atoms with Crippen LogP contribution in [0.2, 0.25) is 0 Å². The lowest BCUT2D eigenvalue weighted by Gasteiger charge is -2.15. The van der Waals surface area contributed by atoms with E-state index in [9.17, 15) is 9.59 Å². The molecule has 1 rings (SSSR count). The van der Waals surface area contributed by atoms with Gasteiger partial charge in [0.25, 0.3) is 5.91 Å². The Labute approximate surface area is 107 Å². The maximum absolute atomic E-state index is 11.5. The number of hydrazine groups is 1. The number of hydrogen-bond donors (Lipinski definition) is 3. The molecule has 0 saturated carbocycles. The summed E-state index contributed by atoms with van der Waals surface area (Å²) in [7, 11) is 1.94. The smallest absolute Gasteiger partial charge is 0.293 e. The number of hydrogen-bond acceptors (Lipinski definition) is 2. The van der Waals surface area contributed by atoms with Gasteiger partial charge in [-0.3, -0.25) is 20.4 Å². The third-order valence-electron chi connectivity index (χ3n) is 2.59. The summed E-state index contributed by atoms with van der Waals surface area (Å²) in [6, 6.07) is 8.11. The number of carbonyl (C=O) groups excluding carboxylic acids is 2. The van der Waals surface area contributed by atoms with E-state index in [4.69, 9.17) is 0 Å². The van der Waals surface area contributed by atoms with E-state index >= 15 is 0 Å². The van der Waals surface area contributed by atoms with Crippen LogP contribution in [0.1, 0.15) is 18.1 Å². The van der Waals surface area contributed by atoms with E-state index in [1.165, 1.54) is 18.1 Å². The summed E-state index contributed by atoms with van der Waals surface area (Å²) in [6.45, 7) is 4.50. The normalized spacial score (nSPS) is 11.7. The molecule has 1 aromatic carbocycles. The molecule has 0 aliphatic rings. The Hall–Kier alpha value is -1.88. The van der Waals surface area contributed by atoms with Gasteiger partial charge in [0, 0.05) is 12.5 Å². The minimum atomic E-state index is -0.278. The van der Waals surface area contributed by atoms with E-state index in [1.54, 1.807) is 0 Å². The topological polar surface area (TPSA) is 62.6 Å². The maximum Gasteiger partial charge on any atom is 0.293 e. The highest BCUT2D eigenvalue weighted by atomic mass is 16.2. The van der Waals surface area contributed by atoms with Crippen LogP contribution in [0.25, 0.3) is 0 Å². The number of likely N-dealkylation sites (N-methyl/N-ethyl adjacent to an activating group) is 1. The van der Waals surface area contributed by atoms with Crippen LogP contribution in [-0.2, 0) is 16.1 Å². The van der Waals surface area contributed by atoms with Gasteiger partial charge >= 0.3 is 0 Å². The quantitative estimate of drug-likeness (QED) is 0.611. The van der Waals surface area contributed by atoms with Gasteiger partial charge in [0.1, 0.15) is 6.54 Å². The molecule has 0 radical (unpaired) electrons. The van der Waals surface area contributed by atoms with Crippen molar-refractivity contribution in [3.05, 3.63) is 35.4 Å². The number of quaternary nitrogens is 1. The van der Waals surface area contributed by atoms with Gasteiger partial charge in [-0.25, -0.2) is 0 Å². The number of carbonyl (C=O) groups is 2. The molecule has 1 atom stereocenters. The molecule has 1 aromatic rings. The van der Waals surface area contributed by atoms with Crippen molar-refractivity contribution in [3.63, 3.8) is 0 Å². The molecule has 0 aromatic heterocycles. The maximum atomic E-state index is 11.5. The minimum Gasteiger partial charge on any atom is -0.326 e. The van der Waals surface area contributed by atoms with Gasteiger partial charge in [-0.05, 0) is 12.5 Å². The van der Waals surface area contributed by atoms with Crippen molar-refractivity contribution in [2.24, 2.45) is 0 Å². The summed E-state index contributed by atoms with van der Waals surface area (Å²) < 4.78 is 0. The summed E-state index contributed by atoms with van der Waals surface area (Å²) >= 11 is 0. The summed E-state index contributed by atoms with van der Waals surface area (Å²) in [6.07, 6.45) is 0. The fourth-order valence-corrected chi connectivity index (χ4v) is 1.67. The van der Waals surface area contributed by atoms with E-state index in [0.717, 1.165) is 11.4 Å². The molecule has 0 aliphatic carbocycles. The Kier molecular flexibility index (Phi) is 5.32. The largest absolute Gasteiger partial charge is 0.326 e. The molecule has 5 heteroatoms. The number of nitrogens with one attached hydrogen (secondary N) is 3. The summed E-state index contributed by atoms with van der Waals surface area (Å²) in [5.74, 6) is -0.476. The highest BCUT2D eigenvalue weighted by Crippen LogP contribution is 2.04. The Balaban J connectivity index is 2.42. The average molecular weight is 250 g/mol. The second kappa shape index (κ2) is 6.76. The predicted molar refractivity (Wildman–Crippen MR) is 68.6 cm³/mol. The van der Waals surface area contributed by atoms with Crippen molar-refractivity contribution >= 4 is 11.8 Å². The number of benzene rings is 1. The zero-order valence-corrected chi connectivity index (χ0v) is 11.0. The van der Waals surface area contributed by atoms with E-state index in [1.807, 2.05) is 19.2 Å². The lowest BCUT2D eigenvalue weighted by Crippen LogP contribution is -3.09. The van der Waals surface area contributed by atoms with Crippen LogP contribution < -0.4 is 15.8 Å². The van der Waals surface area contributed by atoms with E-state index in [0.29, 0.717) is 6.54 Å². The molecular formula is C13H20N3O2+. The lowest BCUT2D eigenvalue weighted by molar-refractivity contribution is -0.885. The van der Waals surface area contributed by atoms with Crippen molar-refractivity contribution in [2.45, 2.75) is 20.4 Å². The molecular weight excluding hydrogens is 230 g/mol. The molecule has 0 heterocycles. The van der Waals surface area contributed by atoms with Crippen molar-refractivity contribution in [1.29, 1.82) is 0 Å². The molecule has 0 bridgehead atoms. The molecule has 18 heavy (non-hydrogen) atoms. The molecule has 2 amide bonds. The van der Waals surface area contributed by atoms with E-state index in [2.05, 4.69) is 29.9 Å². The highest BCUT2D eigenvalue weighted by molar-refractivity contribution is 5.81. The fourth-order valence-electron chi connectivity index (χ4n) is 1.67. The molecule has 3 N–H and O–H groups in total. The molecule has 0 spiro atoms. The Morgan fingerprint density at radius 3 is 2.50 bits per heavy atom. The monoisotopic (exact) mass is 250 g/mol. The van der Waals surface area contributed by atoms with Crippen LogP contribution in [0.3, 0.4) is 0 Å². The van der Waals surface area contributed by atoms with Crippen molar-refractivity contribution < 1.29 is 14.5 Å². The SMILES string of the molecule is CC(=O)NNC(=O)C[NH+](C)Cc1ccccc1C. The van der Waals surface area contributed by atoms with Gasteiger partial charge in [-0.2, -0.15) is 0 Å².